The van der Waals surface area contributed by atoms with Crippen molar-refractivity contribution in [1.29, 1.82) is 0 Å². The minimum atomic E-state index is -0.829. The Balaban J connectivity index is 2.09. The number of carbonyl (C=O) groups is 2. The molecule has 1 aromatic heterocycles. The van der Waals surface area contributed by atoms with Crippen LogP contribution < -0.4 is 10.6 Å². The van der Waals surface area contributed by atoms with Gasteiger partial charge in [0, 0.05) is 24.8 Å². The Morgan fingerprint density at radius 3 is 2.43 bits per heavy atom. The van der Waals surface area contributed by atoms with Crippen LogP contribution in [0, 0.1) is 5.92 Å². The maximum Gasteiger partial charge on any atom is 0.303 e. The summed E-state index contributed by atoms with van der Waals surface area (Å²) in [5.41, 5.74) is 0.968. The molecule has 0 spiro atoms. The smallest absolute Gasteiger partial charge is 0.303 e. The second kappa shape index (κ2) is 11.2. The molecule has 8 heteroatoms. The third-order valence-corrected chi connectivity index (χ3v) is 5.89. The van der Waals surface area contributed by atoms with Crippen molar-refractivity contribution in [3.8, 4) is 0 Å². The molecule has 0 aliphatic heterocycles. The number of esters is 1. The van der Waals surface area contributed by atoms with Crippen LogP contribution in [-0.2, 0) is 9.53 Å². The average Bonchev–Trinajstić information content (AvgIpc) is 3.21. The zero-order chi connectivity index (χ0) is 22.3. The van der Waals surface area contributed by atoms with E-state index in [1.807, 2.05) is 37.4 Å². The van der Waals surface area contributed by atoms with Crippen LogP contribution in [0.3, 0.4) is 0 Å². The minimum absolute atomic E-state index is 0.136. The van der Waals surface area contributed by atoms with Crippen molar-refractivity contribution in [3.05, 3.63) is 52.0 Å². The summed E-state index contributed by atoms with van der Waals surface area (Å²) in [4.78, 5) is 28.6. The number of rotatable bonds is 10. The van der Waals surface area contributed by atoms with Crippen LogP contribution in [0.1, 0.15) is 67.4 Å². The van der Waals surface area contributed by atoms with Crippen LogP contribution in [0.15, 0.2) is 35.7 Å². The highest BCUT2D eigenvalue weighted by molar-refractivity contribution is 7.09. The maximum absolute atomic E-state index is 12.6. The van der Waals surface area contributed by atoms with Crippen LogP contribution in [0.25, 0.3) is 0 Å². The molecule has 164 valence electrons. The number of hydrogen-bond acceptors (Lipinski definition) is 7. The van der Waals surface area contributed by atoms with Gasteiger partial charge in [-0.1, -0.05) is 44.2 Å². The predicted molar refractivity (Wildman–Crippen MR) is 117 cm³/mol. The molecule has 4 atom stereocenters. The summed E-state index contributed by atoms with van der Waals surface area (Å²) < 4.78 is 5.49. The Hall–Kier alpha value is -2.29. The van der Waals surface area contributed by atoms with Crippen molar-refractivity contribution in [1.82, 2.24) is 15.6 Å². The molecule has 2 aromatic rings. The summed E-state index contributed by atoms with van der Waals surface area (Å²) in [6, 6.07) is 8.80. The Morgan fingerprint density at radius 1 is 1.20 bits per heavy atom. The lowest BCUT2D eigenvalue weighted by molar-refractivity contribution is -0.147. The van der Waals surface area contributed by atoms with Gasteiger partial charge in [0.2, 0.25) is 0 Å². The summed E-state index contributed by atoms with van der Waals surface area (Å²) >= 11 is 1.28. The first-order valence-electron chi connectivity index (χ1n) is 10.1. The number of thiazole rings is 1. The topological polar surface area (TPSA) is 101 Å². The van der Waals surface area contributed by atoms with Crippen molar-refractivity contribution in [2.45, 2.75) is 58.4 Å². The van der Waals surface area contributed by atoms with Crippen molar-refractivity contribution >= 4 is 23.2 Å². The SMILES string of the molecule is CN[C@H](C[C@@H](OC(C)=O)c1nc(C(=O)NC(C)C(O)c2ccccc2)cs1)C(C)C. The normalized spacial score (nSPS) is 15.3. The van der Waals surface area contributed by atoms with Gasteiger partial charge in [-0.05, 0) is 25.5 Å². The first-order valence-corrected chi connectivity index (χ1v) is 10.9. The van der Waals surface area contributed by atoms with E-state index in [0.29, 0.717) is 17.3 Å². The molecular weight excluding hydrogens is 402 g/mol. The molecule has 1 amide bonds. The number of hydrogen-bond donors (Lipinski definition) is 3. The first-order chi connectivity index (χ1) is 14.2. The molecule has 2 rings (SSSR count). The molecule has 1 aromatic carbocycles. The standard InChI is InChI=1S/C22H31N3O4S/c1-13(2)17(23-5)11-19(29-15(4)26)22-25-18(12-30-22)21(28)24-14(3)20(27)16-9-7-6-8-10-16/h6-10,12-14,17,19-20,23,27H,11H2,1-5H3,(H,24,28)/t14?,17-,19-,20?/m1/s1. The van der Waals surface area contributed by atoms with Gasteiger partial charge < -0.3 is 20.5 Å². The molecule has 1 heterocycles. The fraction of sp³-hybridized carbons (Fsp3) is 0.500. The van der Waals surface area contributed by atoms with Gasteiger partial charge >= 0.3 is 5.97 Å². The van der Waals surface area contributed by atoms with E-state index in [1.54, 1.807) is 12.3 Å². The molecule has 0 fully saturated rings. The van der Waals surface area contributed by atoms with Crippen molar-refractivity contribution < 1.29 is 19.4 Å². The van der Waals surface area contributed by atoms with E-state index in [0.717, 1.165) is 5.56 Å². The Kier molecular flexibility index (Phi) is 8.95. The molecule has 2 unspecified atom stereocenters. The molecular formula is C22H31N3O4S. The molecule has 30 heavy (non-hydrogen) atoms. The molecule has 7 nitrogen and oxygen atoms in total. The van der Waals surface area contributed by atoms with Crippen LogP contribution in [-0.4, -0.2) is 41.1 Å². The highest BCUT2D eigenvalue weighted by Crippen LogP contribution is 2.28. The molecule has 3 N–H and O–H groups in total. The number of carbonyl (C=O) groups excluding carboxylic acids is 2. The van der Waals surface area contributed by atoms with Gasteiger partial charge in [-0.2, -0.15) is 0 Å². The van der Waals surface area contributed by atoms with Crippen molar-refractivity contribution in [2.75, 3.05) is 7.05 Å². The second-order valence-corrected chi connectivity index (χ2v) is 8.55. The Bertz CT molecular complexity index is 825. The third-order valence-electron chi connectivity index (χ3n) is 4.96. The summed E-state index contributed by atoms with van der Waals surface area (Å²) in [6.07, 6.45) is -0.795. The summed E-state index contributed by atoms with van der Waals surface area (Å²) in [5, 5.41) is 18.7. The van der Waals surface area contributed by atoms with Crippen LogP contribution >= 0.6 is 11.3 Å². The zero-order valence-corrected chi connectivity index (χ0v) is 18.9. The van der Waals surface area contributed by atoms with E-state index in [1.165, 1.54) is 18.3 Å². The molecule has 0 bridgehead atoms. The highest BCUT2D eigenvalue weighted by atomic mass is 32.1. The Labute approximate surface area is 181 Å². The van der Waals surface area contributed by atoms with Gasteiger partial charge in [0.1, 0.15) is 10.7 Å². The lowest BCUT2D eigenvalue weighted by Gasteiger charge is -2.24. The molecule has 0 saturated heterocycles. The van der Waals surface area contributed by atoms with E-state index in [9.17, 15) is 14.7 Å². The maximum atomic E-state index is 12.6. The number of nitrogens with zero attached hydrogens (tertiary/aromatic N) is 1. The van der Waals surface area contributed by atoms with Gasteiger partial charge in [-0.3, -0.25) is 9.59 Å². The highest BCUT2D eigenvalue weighted by Gasteiger charge is 2.26. The molecule has 0 radical (unpaired) electrons. The zero-order valence-electron chi connectivity index (χ0n) is 18.1. The van der Waals surface area contributed by atoms with Crippen LogP contribution in [0.4, 0.5) is 0 Å². The quantitative estimate of drug-likeness (QED) is 0.498. The van der Waals surface area contributed by atoms with Gasteiger partial charge in [-0.15, -0.1) is 11.3 Å². The van der Waals surface area contributed by atoms with E-state index >= 15 is 0 Å². The van der Waals surface area contributed by atoms with Gasteiger partial charge in [-0.25, -0.2) is 4.98 Å². The van der Waals surface area contributed by atoms with Crippen LogP contribution in [0.5, 0.6) is 0 Å². The number of amides is 1. The van der Waals surface area contributed by atoms with Crippen LogP contribution in [0.2, 0.25) is 0 Å². The third kappa shape index (κ3) is 6.62. The summed E-state index contributed by atoms with van der Waals surface area (Å²) in [5.74, 6) is -0.425. The molecule has 0 aliphatic rings. The van der Waals surface area contributed by atoms with E-state index in [-0.39, 0.29) is 23.6 Å². The Morgan fingerprint density at radius 2 is 1.87 bits per heavy atom. The monoisotopic (exact) mass is 433 g/mol. The average molecular weight is 434 g/mol. The number of ether oxygens (including phenoxy) is 1. The summed E-state index contributed by atoms with van der Waals surface area (Å²) in [7, 11) is 1.87. The summed E-state index contributed by atoms with van der Waals surface area (Å²) in [6.45, 7) is 7.29. The lowest BCUT2D eigenvalue weighted by Crippen LogP contribution is -2.37. The minimum Gasteiger partial charge on any atom is -0.455 e. The number of benzene rings is 1. The molecule has 0 saturated carbocycles. The lowest BCUT2D eigenvalue weighted by atomic mass is 9.98. The van der Waals surface area contributed by atoms with E-state index < -0.39 is 18.2 Å². The van der Waals surface area contributed by atoms with E-state index in [2.05, 4.69) is 29.5 Å². The largest absolute Gasteiger partial charge is 0.455 e. The number of aliphatic hydroxyl groups is 1. The van der Waals surface area contributed by atoms with Crippen molar-refractivity contribution in [3.63, 3.8) is 0 Å². The van der Waals surface area contributed by atoms with Gasteiger partial charge in [0.05, 0.1) is 12.1 Å². The van der Waals surface area contributed by atoms with Gasteiger partial charge in [0.15, 0.2) is 6.10 Å². The molecule has 0 aliphatic carbocycles. The second-order valence-electron chi connectivity index (χ2n) is 7.66. The van der Waals surface area contributed by atoms with E-state index in [4.69, 9.17) is 4.74 Å². The number of aliphatic hydroxyl groups excluding tert-OH is 1. The van der Waals surface area contributed by atoms with Crippen molar-refractivity contribution in [2.24, 2.45) is 5.92 Å². The van der Waals surface area contributed by atoms with Gasteiger partial charge in [0.25, 0.3) is 5.91 Å². The predicted octanol–water partition coefficient (Wildman–Crippen LogP) is 3.23. The first kappa shape index (κ1) is 24.0. The fourth-order valence-corrected chi connectivity index (χ4v) is 4.03. The number of aromatic nitrogens is 1. The number of nitrogens with one attached hydrogen (secondary N) is 2. The fourth-order valence-electron chi connectivity index (χ4n) is 3.19.